The van der Waals surface area contributed by atoms with Crippen LogP contribution in [0.1, 0.15) is 21.5 Å². The van der Waals surface area contributed by atoms with E-state index in [2.05, 4.69) is 10.3 Å². The highest BCUT2D eigenvalue weighted by molar-refractivity contribution is 7.15. The molecule has 158 valence electrons. The van der Waals surface area contributed by atoms with Crippen molar-refractivity contribution in [1.29, 1.82) is 0 Å². The van der Waals surface area contributed by atoms with Crippen LogP contribution in [0, 0.1) is 6.92 Å². The SMILES string of the molecule is Cc1ccc(-c2csc3ncc(C(=O)Nc4cc(C(F)(F)F)ccc4Cl)c(=O)n23)cc1. The first-order valence-electron chi connectivity index (χ1n) is 8.89. The van der Waals surface area contributed by atoms with Gasteiger partial charge in [-0.15, -0.1) is 11.3 Å². The van der Waals surface area contributed by atoms with Crippen molar-refractivity contribution < 1.29 is 18.0 Å². The van der Waals surface area contributed by atoms with Crippen LogP contribution in [0.5, 0.6) is 0 Å². The molecule has 0 fully saturated rings. The highest BCUT2D eigenvalue weighted by Gasteiger charge is 2.31. The first kappa shape index (κ1) is 21.1. The van der Waals surface area contributed by atoms with E-state index in [1.54, 1.807) is 5.38 Å². The summed E-state index contributed by atoms with van der Waals surface area (Å²) in [6, 6.07) is 10.0. The second-order valence-corrected chi connectivity index (χ2v) is 7.97. The van der Waals surface area contributed by atoms with E-state index in [9.17, 15) is 22.8 Å². The van der Waals surface area contributed by atoms with Crippen molar-refractivity contribution in [1.82, 2.24) is 9.38 Å². The molecule has 31 heavy (non-hydrogen) atoms. The van der Waals surface area contributed by atoms with Gasteiger partial charge >= 0.3 is 6.18 Å². The zero-order chi connectivity index (χ0) is 22.3. The number of thiazole rings is 1. The van der Waals surface area contributed by atoms with Gasteiger partial charge in [-0.1, -0.05) is 41.4 Å². The van der Waals surface area contributed by atoms with Crippen LogP contribution < -0.4 is 10.9 Å². The van der Waals surface area contributed by atoms with Crippen LogP contribution in [0.15, 0.2) is 58.8 Å². The molecule has 0 aliphatic rings. The van der Waals surface area contributed by atoms with Gasteiger partial charge in [-0.25, -0.2) is 4.98 Å². The molecule has 1 amide bonds. The number of hydrogen-bond acceptors (Lipinski definition) is 4. The smallest absolute Gasteiger partial charge is 0.320 e. The summed E-state index contributed by atoms with van der Waals surface area (Å²) in [4.78, 5) is 30.3. The van der Waals surface area contributed by atoms with E-state index in [1.807, 2.05) is 31.2 Å². The minimum absolute atomic E-state index is 0.0913. The van der Waals surface area contributed by atoms with Gasteiger partial charge in [-0.05, 0) is 30.7 Å². The second-order valence-electron chi connectivity index (χ2n) is 6.73. The van der Waals surface area contributed by atoms with E-state index in [0.29, 0.717) is 16.7 Å². The molecule has 0 aliphatic heterocycles. The minimum Gasteiger partial charge on any atom is -0.320 e. The third kappa shape index (κ3) is 4.06. The summed E-state index contributed by atoms with van der Waals surface area (Å²) >= 11 is 7.17. The maximum Gasteiger partial charge on any atom is 0.416 e. The summed E-state index contributed by atoms with van der Waals surface area (Å²) < 4.78 is 40.2. The number of nitrogens with one attached hydrogen (secondary N) is 1. The molecular weight excluding hydrogens is 451 g/mol. The van der Waals surface area contributed by atoms with Gasteiger partial charge in [0.15, 0.2) is 4.96 Å². The highest BCUT2D eigenvalue weighted by Crippen LogP contribution is 2.34. The van der Waals surface area contributed by atoms with Gasteiger partial charge in [0, 0.05) is 11.6 Å². The van der Waals surface area contributed by atoms with Crippen molar-refractivity contribution in [2.75, 3.05) is 5.32 Å². The fourth-order valence-corrected chi connectivity index (χ4v) is 3.98. The lowest BCUT2D eigenvalue weighted by Crippen LogP contribution is -2.26. The van der Waals surface area contributed by atoms with Crippen LogP contribution in [-0.2, 0) is 6.18 Å². The van der Waals surface area contributed by atoms with Gasteiger partial charge in [-0.3, -0.25) is 14.0 Å². The van der Waals surface area contributed by atoms with Gasteiger partial charge < -0.3 is 5.32 Å². The van der Waals surface area contributed by atoms with E-state index in [4.69, 9.17) is 11.6 Å². The molecule has 4 rings (SSSR count). The number of aromatic nitrogens is 2. The molecule has 1 N–H and O–H groups in total. The molecule has 0 spiro atoms. The Kier molecular flexibility index (Phi) is 5.32. The lowest BCUT2D eigenvalue weighted by atomic mass is 10.1. The van der Waals surface area contributed by atoms with Gasteiger partial charge in [0.2, 0.25) is 0 Å². The summed E-state index contributed by atoms with van der Waals surface area (Å²) in [5.74, 6) is -0.908. The quantitative estimate of drug-likeness (QED) is 0.426. The fraction of sp³-hybridized carbons (Fsp3) is 0.0952. The Balaban J connectivity index is 1.75. The summed E-state index contributed by atoms with van der Waals surface area (Å²) in [5, 5.41) is 3.94. The van der Waals surface area contributed by atoms with Crippen molar-refractivity contribution >= 4 is 39.5 Å². The van der Waals surface area contributed by atoms with E-state index >= 15 is 0 Å². The van der Waals surface area contributed by atoms with Crippen LogP contribution in [0.2, 0.25) is 5.02 Å². The molecule has 0 saturated carbocycles. The van der Waals surface area contributed by atoms with Crippen molar-refractivity contribution in [2.24, 2.45) is 0 Å². The first-order valence-corrected chi connectivity index (χ1v) is 10.2. The van der Waals surface area contributed by atoms with Gasteiger partial charge in [-0.2, -0.15) is 13.2 Å². The largest absolute Gasteiger partial charge is 0.416 e. The van der Waals surface area contributed by atoms with Gasteiger partial charge in [0.25, 0.3) is 11.5 Å². The Hall–Kier alpha value is -3.17. The van der Waals surface area contributed by atoms with Gasteiger partial charge in [0.05, 0.1) is 22.0 Å². The summed E-state index contributed by atoms with van der Waals surface area (Å²) in [6.45, 7) is 1.94. The average Bonchev–Trinajstić information content (AvgIpc) is 3.14. The molecule has 2 aromatic heterocycles. The number of nitrogens with zero attached hydrogens (tertiary/aromatic N) is 2. The molecule has 0 atom stereocenters. The third-order valence-electron chi connectivity index (χ3n) is 4.58. The zero-order valence-corrected chi connectivity index (χ0v) is 17.4. The van der Waals surface area contributed by atoms with Crippen LogP contribution in [0.4, 0.5) is 18.9 Å². The average molecular weight is 464 g/mol. The van der Waals surface area contributed by atoms with Crippen molar-refractivity contribution in [2.45, 2.75) is 13.1 Å². The van der Waals surface area contributed by atoms with E-state index in [1.165, 1.54) is 15.7 Å². The molecule has 0 unspecified atom stereocenters. The Bertz CT molecular complexity index is 1360. The number of amides is 1. The monoisotopic (exact) mass is 463 g/mol. The molecular formula is C21H13ClF3N3O2S. The van der Waals surface area contributed by atoms with Crippen LogP contribution in [0.3, 0.4) is 0 Å². The van der Waals surface area contributed by atoms with Crippen molar-refractivity contribution in [3.05, 3.63) is 86.1 Å². The standard InChI is InChI=1S/C21H13ClF3N3O2S/c1-11-2-4-12(5-3-11)17-10-31-20-26-9-14(19(30)28(17)20)18(29)27-16-8-13(21(23,24)25)6-7-15(16)22/h2-10H,1H3,(H,27,29). The molecule has 10 heteroatoms. The maximum absolute atomic E-state index is 13.0. The molecule has 5 nitrogen and oxygen atoms in total. The van der Waals surface area contributed by atoms with E-state index < -0.39 is 23.2 Å². The lowest BCUT2D eigenvalue weighted by molar-refractivity contribution is -0.137. The summed E-state index contributed by atoms with van der Waals surface area (Å²) in [5.41, 5.74) is 0.183. The van der Waals surface area contributed by atoms with Crippen LogP contribution in [0.25, 0.3) is 16.2 Å². The Morgan fingerprint density at radius 1 is 1.16 bits per heavy atom. The minimum atomic E-state index is -4.61. The zero-order valence-electron chi connectivity index (χ0n) is 15.8. The number of halogens is 4. The predicted molar refractivity (Wildman–Crippen MR) is 114 cm³/mol. The van der Waals surface area contributed by atoms with Crippen molar-refractivity contribution in [3.8, 4) is 11.3 Å². The Labute approximate surface area is 182 Å². The molecule has 0 aliphatic carbocycles. The summed E-state index contributed by atoms with van der Waals surface area (Å²) in [7, 11) is 0. The molecule has 0 radical (unpaired) electrons. The van der Waals surface area contributed by atoms with Crippen LogP contribution in [-0.4, -0.2) is 15.3 Å². The van der Waals surface area contributed by atoms with Crippen LogP contribution >= 0.6 is 22.9 Å². The number of hydrogen-bond donors (Lipinski definition) is 1. The van der Waals surface area contributed by atoms with E-state index in [-0.39, 0.29) is 16.3 Å². The number of rotatable bonds is 3. The number of alkyl halides is 3. The molecule has 2 aromatic carbocycles. The fourth-order valence-electron chi connectivity index (χ4n) is 2.96. The summed E-state index contributed by atoms with van der Waals surface area (Å²) in [6.07, 6.45) is -3.51. The number of aryl methyl sites for hydroxylation is 1. The number of carbonyl (C=O) groups excluding carboxylic acids is 1. The molecule has 0 bridgehead atoms. The molecule has 2 heterocycles. The first-order chi connectivity index (χ1) is 14.6. The Morgan fingerprint density at radius 2 is 1.87 bits per heavy atom. The van der Waals surface area contributed by atoms with E-state index in [0.717, 1.165) is 29.5 Å². The molecule has 4 aromatic rings. The lowest BCUT2D eigenvalue weighted by Gasteiger charge is -2.11. The number of anilines is 1. The maximum atomic E-state index is 13.0. The normalized spacial score (nSPS) is 11.6. The highest BCUT2D eigenvalue weighted by atomic mass is 35.5. The Morgan fingerprint density at radius 3 is 2.55 bits per heavy atom. The number of fused-ring (bicyclic) bond motifs is 1. The van der Waals surface area contributed by atoms with Crippen molar-refractivity contribution in [3.63, 3.8) is 0 Å². The van der Waals surface area contributed by atoms with Gasteiger partial charge in [0.1, 0.15) is 5.56 Å². The topological polar surface area (TPSA) is 63.5 Å². The predicted octanol–water partition coefficient (Wildman–Crippen LogP) is 5.66. The number of benzene rings is 2. The molecule has 0 saturated heterocycles. The number of carbonyl (C=O) groups is 1. The second kappa shape index (κ2) is 7.82. The third-order valence-corrected chi connectivity index (χ3v) is 5.75.